The number of aliphatic hydroxyl groups is 1. The van der Waals surface area contributed by atoms with Crippen LogP contribution in [0.2, 0.25) is 0 Å². The lowest BCUT2D eigenvalue weighted by molar-refractivity contribution is -0.136. The van der Waals surface area contributed by atoms with Gasteiger partial charge in [-0.25, -0.2) is 0 Å². The highest BCUT2D eigenvalue weighted by Crippen LogP contribution is 2.16. The minimum atomic E-state index is -0.375. The highest BCUT2D eigenvalue weighted by Gasteiger charge is 2.22. The number of amides is 1. The third kappa shape index (κ3) is 2.97. The van der Waals surface area contributed by atoms with Crippen molar-refractivity contribution in [1.29, 1.82) is 0 Å². The Balaban J connectivity index is 2.37. The first-order valence-electron chi connectivity index (χ1n) is 4.65. The molecular formula is C9H17NO3. The number of hydrogen-bond donors (Lipinski definition) is 1. The zero-order chi connectivity index (χ0) is 9.68. The molecule has 1 aliphatic rings. The Hall–Kier alpha value is -0.610. The average molecular weight is 187 g/mol. The second-order valence-electron chi connectivity index (χ2n) is 3.46. The van der Waals surface area contributed by atoms with Crippen molar-refractivity contribution in [1.82, 2.24) is 4.90 Å². The van der Waals surface area contributed by atoms with Crippen molar-refractivity contribution in [2.75, 3.05) is 33.4 Å². The van der Waals surface area contributed by atoms with Crippen LogP contribution in [-0.4, -0.2) is 49.3 Å². The third-order valence-corrected chi connectivity index (χ3v) is 2.41. The van der Waals surface area contributed by atoms with Crippen LogP contribution in [0, 0.1) is 5.92 Å². The topological polar surface area (TPSA) is 49.8 Å². The lowest BCUT2D eigenvalue weighted by Crippen LogP contribution is -2.42. The summed E-state index contributed by atoms with van der Waals surface area (Å²) in [4.78, 5) is 12.9. The summed E-state index contributed by atoms with van der Waals surface area (Å²) in [5.41, 5.74) is 0. The first-order chi connectivity index (χ1) is 6.27. The number of piperidine rings is 1. The van der Waals surface area contributed by atoms with E-state index in [1.807, 2.05) is 0 Å². The van der Waals surface area contributed by atoms with Crippen LogP contribution in [0.3, 0.4) is 0 Å². The molecule has 4 heteroatoms. The molecule has 1 N–H and O–H groups in total. The fraction of sp³-hybridized carbons (Fsp3) is 0.889. The van der Waals surface area contributed by atoms with Crippen LogP contribution < -0.4 is 0 Å². The Morgan fingerprint density at radius 1 is 1.69 bits per heavy atom. The van der Waals surface area contributed by atoms with Crippen molar-refractivity contribution in [3.63, 3.8) is 0 Å². The van der Waals surface area contributed by atoms with Gasteiger partial charge in [0.05, 0.1) is 6.61 Å². The fourth-order valence-electron chi connectivity index (χ4n) is 1.76. The molecule has 0 spiro atoms. The summed E-state index contributed by atoms with van der Waals surface area (Å²) in [6, 6.07) is 0. The van der Waals surface area contributed by atoms with Gasteiger partial charge in [-0.15, -0.1) is 0 Å². The standard InChI is InChI=1S/C9H17NO3/c1-13-7-8-3-2-4-10(5-8)9(12)6-11/h8,11H,2-7H2,1H3. The molecule has 4 nitrogen and oxygen atoms in total. The Labute approximate surface area is 78.5 Å². The van der Waals surface area contributed by atoms with Gasteiger partial charge in [-0.05, 0) is 18.8 Å². The Kier molecular flexibility index (Phi) is 4.18. The maximum Gasteiger partial charge on any atom is 0.248 e. The van der Waals surface area contributed by atoms with Crippen LogP contribution in [0.15, 0.2) is 0 Å². The number of hydrogen-bond acceptors (Lipinski definition) is 3. The van der Waals surface area contributed by atoms with E-state index < -0.39 is 0 Å². The predicted octanol–water partition coefficient (Wildman–Crippen LogP) is -0.136. The maximum atomic E-state index is 11.2. The summed E-state index contributed by atoms with van der Waals surface area (Å²) in [6.07, 6.45) is 2.13. The molecule has 0 aromatic rings. The monoisotopic (exact) mass is 187 g/mol. The van der Waals surface area contributed by atoms with Gasteiger partial charge in [0.1, 0.15) is 6.61 Å². The number of nitrogens with zero attached hydrogens (tertiary/aromatic N) is 1. The van der Waals surface area contributed by atoms with Crippen molar-refractivity contribution in [3.8, 4) is 0 Å². The minimum absolute atomic E-state index is 0.166. The van der Waals surface area contributed by atoms with Crippen LogP contribution in [0.25, 0.3) is 0 Å². The second-order valence-corrected chi connectivity index (χ2v) is 3.46. The molecule has 1 aliphatic heterocycles. The molecule has 0 aromatic heterocycles. The number of rotatable bonds is 3. The predicted molar refractivity (Wildman–Crippen MR) is 48.3 cm³/mol. The number of likely N-dealkylation sites (tertiary alicyclic amines) is 1. The molecule has 0 aromatic carbocycles. The lowest BCUT2D eigenvalue weighted by atomic mass is 9.99. The molecule has 1 unspecified atom stereocenters. The molecule has 1 fully saturated rings. The quantitative estimate of drug-likeness (QED) is 0.669. The number of aliphatic hydroxyl groups excluding tert-OH is 1. The van der Waals surface area contributed by atoms with Gasteiger partial charge in [-0.3, -0.25) is 4.79 Å². The van der Waals surface area contributed by atoms with E-state index in [-0.39, 0.29) is 12.5 Å². The molecular weight excluding hydrogens is 170 g/mol. The van der Waals surface area contributed by atoms with Crippen LogP contribution in [0.5, 0.6) is 0 Å². The van der Waals surface area contributed by atoms with Crippen LogP contribution in [0.1, 0.15) is 12.8 Å². The van der Waals surface area contributed by atoms with Crippen LogP contribution in [0.4, 0.5) is 0 Å². The largest absolute Gasteiger partial charge is 0.387 e. The number of carbonyl (C=O) groups excluding carboxylic acids is 1. The van der Waals surface area contributed by atoms with Crippen molar-refractivity contribution in [3.05, 3.63) is 0 Å². The fourth-order valence-corrected chi connectivity index (χ4v) is 1.76. The molecule has 1 amide bonds. The second kappa shape index (κ2) is 5.19. The van der Waals surface area contributed by atoms with Crippen LogP contribution in [-0.2, 0) is 9.53 Å². The molecule has 0 saturated carbocycles. The third-order valence-electron chi connectivity index (χ3n) is 2.41. The number of ether oxygens (including phenoxy) is 1. The van der Waals surface area contributed by atoms with Crippen molar-refractivity contribution < 1.29 is 14.6 Å². The summed E-state index contributed by atoms with van der Waals surface area (Å²) < 4.78 is 5.04. The highest BCUT2D eigenvalue weighted by atomic mass is 16.5. The first-order valence-corrected chi connectivity index (χ1v) is 4.65. The van der Waals surface area contributed by atoms with Crippen molar-refractivity contribution >= 4 is 5.91 Å². The average Bonchev–Trinajstić information content (AvgIpc) is 2.18. The van der Waals surface area contributed by atoms with E-state index in [1.165, 1.54) is 0 Å². The smallest absolute Gasteiger partial charge is 0.248 e. The van der Waals surface area contributed by atoms with Gasteiger partial charge in [0.25, 0.3) is 0 Å². The zero-order valence-electron chi connectivity index (χ0n) is 8.03. The van der Waals surface area contributed by atoms with E-state index in [0.29, 0.717) is 12.5 Å². The zero-order valence-corrected chi connectivity index (χ0v) is 8.03. The Morgan fingerprint density at radius 2 is 2.46 bits per heavy atom. The van der Waals surface area contributed by atoms with Gasteiger partial charge in [0.15, 0.2) is 0 Å². The van der Waals surface area contributed by atoms with Crippen LogP contribution >= 0.6 is 0 Å². The lowest BCUT2D eigenvalue weighted by Gasteiger charge is -2.31. The molecule has 76 valence electrons. The number of carbonyl (C=O) groups is 1. The molecule has 1 atom stereocenters. The van der Waals surface area contributed by atoms with E-state index in [1.54, 1.807) is 12.0 Å². The molecule has 0 radical (unpaired) electrons. The Bertz CT molecular complexity index is 170. The summed E-state index contributed by atoms with van der Waals surface area (Å²) in [6.45, 7) is 1.84. The minimum Gasteiger partial charge on any atom is -0.387 e. The Morgan fingerprint density at radius 3 is 3.08 bits per heavy atom. The van der Waals surface area contributed by atoms with Gasteiger partial charge >= 0.3 is 0 Å². The molecule has 0 bridgehead atoms. The first kappa shape index (κ1) is 10.5. The highest BCUT2D eigenvalue weighted by molar-refractivity contribution is 5.77. The van der Waals surface area contributed by atoms with Gasteiger partial charge in [-0.1, -0.05) is 0 Å². The van der Waals surface area contributed by atoms with Crippen molar-refractivity contribution in [2.24, 2.45) is 5.92 Å². The summed E-state index contributed by atoms with van der Waals surface area (Å²) in [5.74, 6) is 0.273. The molecule has 1 heterocycles. The molecule has 13 heavy (non-hydrogen) atoms. The normalized spacial score (nSPS) is 23.2. The molecule has 0 aliphatic carbocycles. The van der Waals surface area contributed by atoms with Gasteiger partial charge < -0.3 is 14.7 Å². The maximum absolute atomic E-state index is 11.2. The van der Waals surface area contributed by atoms with Crippen molar-refractivity contribution in [2.45, 2.75) is 12.8 Å². The van der Waals surface area contributed by atoms with Gasteiger partial charge in [-0.2, -0.15) is 0 Å². The van der Waals surface area contributed by atoms with Gasteiger partial charge in [0.2, 0.25) is 5.91 Å². The van der Waals surface area contributed by atoms with E-state index >= 15 is 0 Å². The van der Waals surface area contributed by atoms with E-state index in [4.69, 9.17) is 9.84 Å². The summed E-state index contributed by atoms with van der Waals surface area (Å²) in [7, 11) is 1.67. The molecule has 1 saturated heterocycles. The summed E-state index contributed by atoms with van der Waals surface area (Å²) in [5, 5.41) is 8.68. The van der Waals surface area contributed by atoms with Gasteiger partial charge in [0, 0.05) is 20.2 Å². The number of methoxy groups -OCH3 is 1. The summed E-state index contributed by atoms with van der Waals surface area (Å²) >= 11 is 0. The van der Waals surface area contributed by atoms with E-state index in [0.717, 1.165) is 25.9 Å². The molecule has 1 rings (SSSR count). The van der Waals surface area contributed by atoms with E-state index in [2.05, 4.69) is 0 Å². The SMILES string of the molecule is COCC1CCCN(C(=O)CO)C1. The van der Waals surface area contributed by atoms with E-state index in [9.17, 15) is 4.79 Å².